The van der Waals surface area contributed by atoms with Gasteiger partial charge in [0.2, 0.25) is 5.95 Å². The van der Waals surface area contributed by atoms with E-state index >= 15 is 0 Å². The maximum Gasteiger partial charge on any atom is 0.414 e. The normalized spacial score (nSPS) is 10.0. The molecule has 3 aromatic rings. The lowest BCUT2D eigenvalue weighted by Gasteiger charge is -2.10. The molecule has 0 unspecified atom stereocenters. The van der Waals surface area contributed by atoms with Gasteiger partial charge in [0.25, 0.3) is 0 Å². The van der Waals surface area contributed by atoms with E-state index in [0.717, 1.165) is 27.2 Å². The van der Waals surface area contributed by atoms with Gasteiger partial charge in [-0.3, -0.25) is 0 Å². The molecule has 152 valence electrons. The standard InChI is InChI=1S/C17H15BrClN3O.C2H2O4/c1-22-15(11-3-2-4-13(18)7-11)10-21-17(22)20-9-12-8-14(19)5-6-16(12)23;3-1(4)2(5)6/h2-8,10,23H,9H2,1H3,(H,20,21);(H,3,4)(H,5,6). The Labute approximate surface area is 179 Å². The van der Waals surface area contributed by atoms with Crippen molar-refractivity contribution in [3.05, 3.63) is 63.7 Å². The van der Waals surface area contributed by atoms with Crippen LogP contribution in [0.5, 0.6) is 5.75 Å². The van der Waals surface area contributed by atoms with Crippen molar-refractivity contribution in [1.29, 1.82) is 0 Å². The number of benzene rings is 2. The zero-order valence-corrected chi connectivity index (χ0v) is 17.5. The van der Waals surface area contributed by atoms with E-state index in [-0.39, 0.29) is 5.75 Å². The second kappa shape index (κ2) is 9.94. The number of aromatic hydroxyl groups is 1. The third-order valence-corrected chi connectivity index (χ3v) is 4.50. The number of nitrogens with one attached hydrogen (secondary N) is 1. The third kappa shape index (κ3) is 6.23. The fourth-order valence-corrected chi connectivity index (χ4v) is 2.95. The molecule has 0 saturated heterocycles. The third-order valence-electron chi connectivity index (χ3n) is 3.77. The van der Waals surface area contributed by atoms with Crippen molar-refractivity contribution in [2.45, 2.75) is 6.54 Å². The Bertz CT molecular complexity index is 1030. The van der Waals surface area contributed by atoms with Crippen LogP contribution < -0.4 is 5.32 Å². The van der Waals surface area contributed by atoms with Crippen LogP contribution in [0.25, 0.3) is 11.3 Å². The van der Waals surface area contributed by atoms with E-state index in [0.29, 0.717) is 11.6 Å². The minimum Gasteiger partial charge on any atom is -0.508 e. The number of phenols is 1. The summed E-state index contributed by atoms with van der Waals surface area (Å²) in [5, 5.41) is 28.5. The van der Waals surface area contributed by atoms with E-state index in [1.54, 1.807) is 18.2 Å². The number of nitrogens with zero attached hydrogens (tertiary/aromatic N) is 2. The average Bonchev–Trinajstić information content (AvgIpc) is 3.03. The number of halogens is 2. The van der Waals surface area contributed by atoms with E-state index in [1.165, 1.54) is 0 Å². The van der Waals surface area contributed by atoms with Crippen LogP contribution in [0.15, 0.2) is 53.1 Å². The number of phenolic OH excluding ortho intramolecular Hbond substituents is 1. The van der Waals surface area contributed by atoms with E-state index in [1.807, 2.05) is 42.1 Å². The maximum absolute atomic E-state index is 9.86. The first kappa shape index (κ1) is 22.3. The largest absolute Gasteiger partial charge is 0.508 e. The first-order valence-electron chi connectivity index (χ1n) is 8.14. The van der Waals surface area contributed by atoms with Gasteiger partial charge in [0.1, 0.15) is 5.75 Å². The van der Waals surface area contributed by atoms with Crippen molar-refractivity contribution in [2.24, 2.45) is 7.05 Å². The molecule has 3 rings (SSSR count). The van der Waals surface area contributed by atoms with E-state index in [9.17, 15) is 5.11 Å². The van der Waals surface area contributed by atoms with Crippen LogP contribution in [-0.2, 0) is 23.2 Å². The Morgan fingerprint density at radius 1 is 1.17 bits per heavy atom. The zero-order chi connectivity index (χ0) is 21.6. The van der Waals surface area contributed by atoms with Crippen molar-refractivity contribution >= 4 is 45.4 Å². The molecule has 0 radical (unpaired) electrons. The van der Waals surface area contributed by atoms with Gasteiger partial charge in [-0.05, 0) is 30.3 Å². The lowest BCUT2D eigenvalue weighted by molar-refractivity contribution is -0.159. The summed E-state index contributed by atoms with van der Waals surface area (Å²) in [6, 6.07) is 13.0. The van der Waals surface area contributed by atoms with E-state index < -0.39 is 11.9 Å². The maximum atomic E-state index is 9.86. The summed E-state index contributed by atoms with van der Waals surface area (Å²) in [6.07, 6.45) is 1.82. The number of rotatable bonds is 4. The second-order valence-corrected chi connectivity index (χ2v) is 7.13. The fourth-order valence-electron chi connectivity index (χ4n) is 2.36. The van der Waals surface area contributed by atoms with Gasteiger partial charge in [-0.15, -0.1) is 0 Å². The van der Waals surface area contributed by atoms with Crippen LogP contribution in [0.2, 0.25) is 5.02 Å². The highest BCUT2D eigenvalue weighted by Gasteiger charge is 2.10. The molecule has 0 aliphatic carbocycles. The highest BCUT2D eigenvalue weighted by molar-refractivity contribution is 9.10. The Morgan fingerprint density at radius 2 is 1.86 bits per heavy atom. The smallest absolute Gasteiger partial charge is 0.414 e. The van der Waals surface area contributed by atoms with Gasteiger partial charge >= 0.3 is 11.9 Å². The lowest BCUT2D eigenvalue weighted by atomic mass is 10.2. The van der Waals surface area contributed by atoms with Gasteiger partial charge in [-0.25, -0.2) is 14.6 Å². The predicted molar refractivity (Wildman–Crippen MR) is 112 cm³/mol. The van der Waals surface area contributed by atoms with Gasteiger partial charge in [-0.2, -0.15) is 0 Å². The summed E-state index contributed by atoms with van der Waals surface area (Å²) in [4.78, 5) is 22.6. The first-order valence-corrected chi connectivity index (χ1v) is 9.31. The van der Waals surface area contributed by atoms with Crippen LogP contribution >= 0.6 is 27.5 Å². The Balaban J connectivity index is 0.000000438. The molecular weight excluding hydrogens is 466 g/mol. The molecule has 4 N–H and O–H groups in total. The summed E-state index contributed by atoms with van der Waals surface area (Å²) in [5.74, 6) is -2.72. The summed E-state index contributed by atoms with van der Waals surface area (Å²) < 4.78 is 3.00. The number of aromatic nitrogens is 2. The monoisotopic (exact) mass is 481 g/mol. The topological polar surface area (TPSA) is 125 Å². The molecule has 0 fully saturated rings. The quantitative estimate of drug-likeness (QED) is 0.415. The molecule has 0 aliphatic heterocycles. The van der Waals surface area contributed by atoms with Gasteiger partial charge in [0, 0.05) is 34.2 Å². The fraction of sp³-hybridized carbons (Fsp3) is 0.105. The molecular formula is C19H17BrClN3O5. The van der Waals surface area contributed by atoms with Crippen molar-refractivity contribution in [1.82, 2.24) is 9.55 Å². The molecule has 10 heteroatoms. The van der Waals surface area contributed by atoms with Gasteiger partial charge in [-0.1, -0.05) is 39.7 Å². The molecule has 0 amide bonds. The van der Waals surface area contributed by atoms with Crippen LogP contribution in [-0.4, -0.2) is 36.8 Å². The number of hydrogen-bond acceptors (Lipinski definition) is 5. The summed E-state index contributed by atoms with van der Waals surface area (Å²) in [7, 11) is 1.95. The number of anilines is 1. The van der Waals surface area contributed by atoms with Crippen molar-refractivity contribution in [3.63, 3.8) is 0 Å². The van der Waals surface area contributed by atoms with Gasteiger partial charge in [0.15, 0.2) is 0 Å². The van der Waals surface area contributed by atoms with Crippen molar-refractivity contribution in [2.75, 3.05) is 5.32 Å². The molecule has 0 aliphatic rings. The number of hydrogen-bond donors (Lipinski definition) is 4. The van der Waals surface area contributed by atoms with Crippen LogP contribution in [0, 0.1) is 0 Å². The summed E-state index contributed by atoms with van der Waals surface area (Å²) in [5.41, 5.74) is 2.81. The van der Waals surface area contributed by atoms with Crippen LogP contribution in [0.3, 0.4) is 0 Å². The molecule has 0 bridgehead atoms. The molecule has 1 heterocycles. The Kier molecular flexibility index (Phi) is 7.63. The minimum atomic E-state index is -1.82. The lowest BCUT2D eigenvalue weighted by Crippen LogP contribution is -2.09. The predicted octanol–water partition coefficient (Wildman–Crippen LogP) is 3.98. The number of carboxylic acid groups (broad SMARTS) is 2. The van der Waals surface area contributed by atoms with E-state index in [4.69, 9.17) is 31.4 Å². The molecule has 29 heavy (non-hydrogen) atoms. The number of imidazole rings is 1. The number of carbonyl (C=O) groups is 2. The van der Waals surface area contributed by atoms with Crippen LogP contribution in [0.4, 0.5) is 5.95 Å². The molecule has 2 aromatic carbocycles. The molecule has 0 saturated carbocycles. The zero-order valence-electron chi connectivity index (χ0n) is 15.1. The Morgan fingerprint density at radius 3 is 2.48 bits per heavy atom. The molecule has 8 nitrogen and oxygen atoms in total. The van der Waals surface area contributed by atoms with Crippen molar-refractivity contribution in [3.8, 4) is 17.0 Å². The molecule has 1 aromatic heterocycles. The van der Waals surface area contributed by atoms with Crippen molar-refractivity contribution < 1.29 is 24.9 Å². The number of aliphatic carboxylic acids is 2. The number of carboxylic acids is 2. The van der Waals surface area contributed by atoms with Gasteiger partial charge < -0.3 is 25.2 Å². The summed E-state index contributed by atoms with van der Waals surface area (Å²) in [6.45, 7) is 0.440. The highest BCUT2D eigenvalue weighted by Crippen LogP contribution is 2.26. The highest BCUT2D eigenvalue weighted by atomic mass is 79.9. The summed E-state index contributed by atoms with van der Waals surface area (Å²) >= 11 is 9.45. The molecule has 0 spiro atoms. The molecule has 0 atom stereocenters. The second-order valence-electron chi connectivity index (χ2n) is 5.77. The Hall–Kier alpha value is -3.04. The SMILES string of the molecule is Cn1c(-c2cccc(Br)c2)cnc1NCc1cc(Cl)ccc1O.O=C(O)C(=O)O. The first-order chi connectivity index (χ1) is 13.7. The van der Waals surface area contributed by atoms with Crippen LogP contribution in [0.1, 0.15) is 5.56 Å². The average molecular weight is 483 g/mol. The minimum absolute atomic E-state index is 0.211. The van der Waals surface area contributed by atoms with E-state index in [2.05, 4.69) is 26.2 Å². The van der Waals surface area contributed by atoms with Gasteiger partial charge in [0.05, 0.1) is 11.9 Å².